The van der Waals surface area contributed by atoms with Crippen LogP contribution >= 0.6 is 0 Å². The summed E-state index contributed by atoms with van der Waals surface area (Å²) in [4.78, 5) is 0. The molecule has 0 aliphatic carbocycles. The predicted molar refractivity (Wildman–Crippen MR) is 97.8 cm³/mol. The second-order valence-electron chi connectivity index (χ2n) is 5.42. The van der Waals surface area contributed by atoms with Gasteiger partial charge in [-0.05, 0) is 23.8 Å². The zero-order valence-electron chi connectivity index (χ0n) is 13.2. The van der Waals surface area contributed by atoms with Crippen LogP contribution < -0.4 is 11.1 Å². The Balaban J connectivity index is 0.00000243. The van der Waals surface area contributed by atoms with Crippen LogP contribution in [-0.2, 0) is 0 Å². The number of nitrogen functional groups attached to an aromatic ring is 1. The Morgan fingerprint density at radius 3 is 1.96 bits per heavy atom. The number of rotatable bonds is 3. The van der Waals surface area contributed by atoms with E-state index < -0.39 is 23.3 Å². The molecule has 0 saturated carbocycles. The van der Waals surface area contributed by atoms with Crippen LogP contribution in [-0.4, -0.2) is 7.05 Å². The molecular formula is C20H18F4N2. The zero-order valence-corrected chi connectivity index (χ0v) is 13.2. The van der Waals surface area contributed by atoms with Crippen LogP contribution in [0.2, 0.25) is 0 Å². The number of benzene rings is 3. The Morgan fingerprint density at radius 1 is 0.731 bits per heavy atom. The fourth-order valence-corrected chi connectivity index (χ4v) is 2.68. The van der Waals surface area contributed by atoms with E-state index in [9.17, 15) is 17.6 Å². The van der Waals surface area contributed by atoms with Crippen molar-refractivity contribution in [1.82, 2.24) is 0 Å². The molecule has 136 valence electrons. The van der Waals surface area contributed by atoms with Gasteiger partial charge in [-0.15, -0.1) is 0 Å². The van der Waals surface area contributed by atoms with Crippen LogP contribution in [0.1, 0.15) is 7.43 Å². The molecule has 0 saturated heterocycles. The molecule has 6 heteroatoms. The second kappa shape index (κ2) is 7.47. The molecular weight excluding hydrogens is 344 g/mol. The van der Waals surface area contributed by atoms with E-state index >= 15 is 0 Å². The van der Waals surface area contributed by atoms with Gasteiger partial charge < -0.3 is 11.1 Å². The van der Waals surface area contributed by atoms with Gasteiger partial charge in [0.2, 0.25) is 0 Å². The lowest BCUT2D eigenvalue weighted by atomic mass is 9.95. The van der Waals surface area contributed by atoms with Gasteiger partial charge in [0.25, 0.3) is 0 Å². The lowest BCUT2D eigenvalue weighted by molar-refractivity contribution is 0.511. The minimum Gasteiger partial charge on any atom is -0.396 e. The van der Waals surface area contributed by atoms with Crippen molar-refractivity contribution in [2.24, 2.45) is 0 Å². The molecule has 0 unspecified atom stereocenters. The highest BCUT2D eigenvalue weighted by Gasteiger charge is 2.23. The number of halogens is 4. The van der Waals surface area contributed by atoms with Gasteiger partial charge in [-0.2, -0.15) is 0 Å². The molecule has 3 rings (SSSR count). The number of nitrogens with two attached hydrogens (primary N) is 1. The molecule has 3 aromatic carbocycles. The SMILES string of the molecule is C.CNc1c(-c2ccc(N)c(F)c2F)cc(-c2ccccc2)c(F)c1F. The first-order valence-electron chi connectivity index (χ1n) is 7.44. The molecule has 0 radical (unpaired) electrons. The quantitative estimate of drug-likeness (QED) is 0.454. The molecule has 2 nitrogen and oxygen atoms in total. The maximum atomic E-state index is 14.5. The highest BCUT2D eigenvalue weighted by molar-refractivity contribution is 5.84. The van der Waals surface area contributed by atoms with E-state index in [1.165, 1.54) is 25.2 Å². The summed E-state index contributed by atoms with van der Waals surface area (Å²) in [5.74, 6) is -4.70. The van der Waals surface area contributed by atoms with Crippen LogP contribution in [0.25, 0.3) is 22.3 Å². The van der Waals surface area contributed by atoms with Gasteiger partial charge in [-0.1, -0.05) is 37.8 Å². The summed E-state index contributed by atoms with van der Waals surface area (Å²) in [6.07, 6.45) is 0. The van der Waals surface area contributed by atoms with E-state index in [4.69, 9.17) is 5.73 Å². The largest absolute Gasteiger partial charge is 0.396 e. The van der Waals surface area contributed by atoms with Crippen molar-refractivity contribution >= 4 is 11.4 Å². The van der Waals surface area contributed by atoms with Crippen LogP contribution in [0, 0.1) is 23.3 Å². The van der Waals surface area contributed by atoms with Gasteiger partial charge in [0.15, 0.2) is 23.3 Å². The van der Waals surface area contributed by atoms with Gasteiger partial charge in [-0.3, -0.25) is 0 Å². The van der Waals surface area contributed by atoms with Crippen molar-refractivity contribution in [1.29, 1.82) is 0 Å². The molecule has 0 bridgehead atoms. The highest BCUT2D eigenvalue weighted by Crippen LogP contribution is 2.39. The summed E-state index contributed by atoms with van der Waals surface area (Å²) in [6.45, 7) is 0. The number of hydrogen-bond acceptors (Lipinski definition) is 2. The number of anilines is 2. The van der Waals surface area contributed by atoms with E-state index in [2.05, 4.69) is 5.32 Å². The van der Waals surface area contributed by atoms with Gasteiger partial charge in [-0.25, -0.2) is 17.6 Å². The summed E-state index contributed by atoms with van der Waals surface area (Å²) < 4.78 is 57.2. The molecule has 0 aromatic heterocycles. The van der Waals surface area contributed by atoms with E-state index in [1.807, 2.05) is 0 Å². The van der Waals surface area contributed by atoms with Crippen LogP contribution in [0.5, 0.6) is 0 Å². The topological polar surface area (TPSA) is 38.0 Å². The summed E-state index contributed by atoms with van der Waals surface area (Å²) in [7, 11) is 1.37. The van der Waals surface area contributed by atoms with Crippen molar-refractivity contribution in [2.75, 3.05) is 18.1 Å². The molecule has 0 amide bonds. The fraction of sp³-hybridized carbons (Fsp3) is 0.100. The molecule has 0 aliphatic heterocycles. The van der Waals surface area contributed by atoms with E-state index in [0.29, 0.717) is 5.56 Å². The number of nitrogens with one attached hydrogen (secondary N) is 1. The molecule has 0 fully saturated rings. The smallest absolute Gasteiger partial charge is 0.183 e. The normalized spacial score (nSPS) is 10.3. The van der Waals surface area contributed by atoms with E-state index in [-0.39, 0.29) is 35.5 Å². The van der Waals surface area contributed by atoms with Gasteiger partial charge in [0.1, 0.15) is 0 Å². The van der Waals surface area contributed by atoms with Gasteiger partial charge in [0.05, 0.1) is 11.4 Å². The van der Waals surface area contributed by atoms with Crippen molar-refractivity contribution < 1.29 is 17.6 Å². The third-order valence-electron chi connectivity index (χ3n) is 3.94. The Morgan fingerprint density at radius 2 is 1.35 bits per heavy atom. The zero-order chi connectivity index (χ0) is 18.1. The maximum Gasteiger partial charge on any atom is 0.183 e. The van der Waals surface area contributed by atoms with Crippen molar-refractivity contribution in [3.8, 4) is 22.3 Å². The van der Waals surface area contributed by atoms with Crippen molar-refractivity contribution in [3.63, 3.8) is 0 Å². The summed E-state index contributed by atoms with van der Waals surface area (Å²) in [6, 6.07) is 12.0. The third kappa shape index (κ3) is 3.10. The lowest BCUT2D eigenvalue weighted by Crippen LogP contribution is -2.04. The maximum absolute atomic E-state index is 14.5. The Hall–Kier alpha value is -3.02. The molecule has 3 N–H and O–H groups in total. The van der Waals surface area contributed by atoms with E-state index in [1.54, 1.807) is 30.3 Å². The van der Waals surface area contributed by atoms with Crippen molar-refractivity contribution in [2.45, 2.75) is 7.43 Å². The summed E-state index contributed by atoms with van der Waals surface area (Å²) >= 11 is 0. The van der Waals surface area contributed by atoms with Gasteiger partial charge in [0, 0.05) is 23.7 Å². The summed E-state index contributed by atoms with van der Waals surface area (Å²) in [5.41, 5.74) is 4.87. The standard InChI is InChI=1S/C19H14F4N2.CH4/c1-25-19-13(11-7-8-14(24)17(22)15(11)20)9-12(16(21)18(19)23)10-5-3-2-4-6-10;/h2-9,25H,24H2,1H3;1H4. The second-order valence-corrected chi connectivity index (χ2v) is 5.42. The Bertz CT molecular complexity index is 941. The highest BCUT2D eigenvalue weighted by atomic mass is 19.2. The minimum absolute atomic E-state index is 0. The van der Waals surface area contributed by atoms with Gasteiger partial charge >= 0.3 is 0 Å². The summed E-state index contributed by atoms with van der Waals surface area (Å²) in [5, 5.41) is 2.51. The Labute approximate surface area is 149 Å². The average molecular weight is 362 g/mol. The molecule has 0 heterocycles. The predicted octanol–water partition coefficient (Wildman–Crippen LogP) is 5.84. The third-order valence-corrected chi connectivity index (χ3v) is 3.94. The molecule has 3 aromatic rings. The first-order chi connectivity index (χ1) is 12.0. The first kappa shape index (κ1) is 19.3. The fourth-order valence-electron chi connectivity index (χ4n) is 2.68. The van der Waals surface area contributed by atoms with Crippen LogP contribution in [0.3, 0.4) is 0 Å². The van der Waals surface area contributed by atoms with Crippen LogP contribution in [0.15, 0.2) is 48.5 Å². The average Bonchev–Trinajstić information content (AvgIpc) is 2.63. The molecule has 0 aliphatic rings. The Kier molecular flexibility index (Phi) is 5.55. The molecule has 0 atom stereocenters. The molecule has 0 spiro atoms. The van der Waals surface area contributed by atoms with E-state index in [0.717, 1.165) is 0 Å². The number of hydrogen-bond donors (Lipinski definition) is 2. The minimum atomic E-state index is -1.23. The van der Waals surface area contributed by atoms with Crippen LogP contribution in [0.4, 0.5) is 28.9 Å². The molecule has 26 heavy (non-hydrogen) atoms. The first-order valence-corrected chi connectivity index (χ1v) is 7.44. The monoisotopic (exact) mass is 362 g/mol. The van der Waals surface area contributed by atoms with Crippen molar-refractivity contribution in [3.05, 3.63) is 71.8 Å². The lowest BCUT2D eigenvalue weighted by Gasteiger charge is -2.16.